The second-order valence-electron chi connectivity index (χ2n) is 4.26. The van der Waals surface area contributed by atoms with Gasteiger partial charge in [-0.25, -0.2) is 9.37 Å². The Morgan fingerprint density at radius 1 is 1.14 bits per heavy atom. The van der Waals surface area contributed by atoms with Crippen LogP contribution in [0, 0.1) is 12.7 Å². The first kappa shape index (κ1) is 14.9. The fraction of sp³-hybridized carbons (Fsp3) is 0.0714. The van der Waals surface area contributed by atoms with Crippen molar-refractivity contribution in [2.24, 2.45) is 0 Å². The van der Waals surface area contributed by atoms with Gasteiger partial charge in [-0.2, -0.15) is 0 Å². The molecule has 21 heavy (non-hydrogen) atoms. The number of rotatable bonds is 2. The van der Waals surface area contributed by atoms with Crippen LogP contribution < -0.4 is 10.6 Å². The minimum Gasteiger partial charge on any atom is -0.318 e. The zero-order chi connectivity index (χ0) is 15.4. The summed E-state index contributed by atoms with van der Waals surface area (Å²) < 4.78 is 13.0. The van der Waals surface area contributed by atoms with Crippen molar-refractivity contribution in [2.75, 3.05) is 10.6 Å². The van der Waals surface area contributed by atoms with Crippen molar-refractivity contribution in [1.29, 1.82) is 0 Å². The van der Waals surface area contributed by atoms with Crippen molar-refractivity contribution in [3.05, 3.63) is 52.9 Å². The van der Waals surface area contributed by atoms with Crippen molar-refractivity contribution >= 4 is 34.9 Å². The molecule has 1 aromatic heterocycles. The highest BCUT2D eigenvalue weighted by Crippen LogP contribution is 2.19. The summed E-state index contributed by atoms with van der Waals surface area (Å²) in [6.45, 7) is 1.83. The highest BCUT2D eigenvalue weighted by molar-refractivity contribution is 6.43. The first-order valence-electron chi connectivity index (χ1n) is 5.96. The van der Waals surface area contributed by atoms with E-state index in [1.165, 1.54) is 18.3 Å². The molecular formula is C14H11ClFN3O2. The lowest BCUT2D eigenvalue weighted by molar-refractivity contribution is -0.133. The molecule has 5 nitrogen and oxygen atoms in total. The Labute approximate surface area is 125 Å². The van der Waals surface area contributed by atoms with Crippen LogP contribution in [-0.2, 0) is 9.59 Å². The lowest BCUT2D eigenvalue weighted by Gasteiger charge is -2.07. The first-order valence-corrected chi connectivity index (χ1v) is 6.33. The summed E-state index contributed by atoms with van der Waals surface area (Å²) in [6, 6.07) is 7.00. The second kappa shape index (κ2) is 6.32. The molecule has 0 atom stereocenters. The number of nitrogens with zero attached hydrogens (tertiary/aromatic N) is 1. The number of benzene rings is 1. The molecule has 7 heteroatoms. The number of carbonyl (C=O) groups is 2. The van der Waals surface area contributed by atoms with Crippen LogP contribution in [-0.4, -0.2) is 16.8 Å². The Bertz CT molecular complexity index is 706. The predicted molar refractivity (Wildman–Crippen MR) is 77.6 cm³/mol. The van der Waals surface area contributed by atoms with E-state index in [9.17, 15) is 14.0 Å². The van der Waals surface area contributed by atoms with E-state index >= 15 is 0 Å². The third kappa shape index (κ3) is 4.00. The van der Waals surface area contributed by atoms with Gasteiger partial charge < -0.3 is 10.6 Å². The average molecular weight is 308 g/mol. The van der Waals surface area contributed by atoms with Gasteiger partial charge in [-0.1, -0.05) is 11.6 Å². The van der Waals surface area contributed by atoms with E-state index in [0.29, 0.717) is 0 Å². The van der Waals surface area contributed by atoms with Gasteiger partial charge in [0.25, 0.3) is 0 Å². The Morgan fingerprint density at radius 3 is 2.52 bits per heavy atom. The molecule has 0 saturated carbocycles. The Kier molecular flexibility index (Phi) is 4.49. The molecule has 0 fully saturated rings. The number of hydrogen-bond acceptors (Lipinski definition) is 3. The van der Waals surface area contributed by atoms with Crippen molar-refractivity contribution in [1.82, 2.24) is 4.98 Å². The smallest absolute Gasteiger partial charge is 0.315 e. The summed E-state index contributed by atoms with van der Waals surface area (Å²) in [7, 11) is 0. The van der Waals surface area contributed by atoms with Gasteiger partial charge in [0.2, 0.25) is 0 Å². The standard InChI is InChI=1S/C14H11ClFN3O2/c1-8-4-5-17-12(6-8)19-14(21)13(20)18-9-2-3-11(16)10(15)7-9/h2-7H,1H3,(H,18,20)(H,17,19,21). The highest BCUT2D eigenvalue weighted by atomic mass is 35.5. The maximum Gasteiger partial charge on any atom is 0.315 e. The van der Waals surface area contributed by atoms with Crippen LogP contribution in [0.5, 0.6) is 0 Å². The Hall–Kier alpha value is -2.47. The molecule has 2 rings (SSSR count). The molecule has 0 aliphatic rings. The molecule has 0 radical (unpaired) electrons. The largest absolute Gasteiger partial charge is 0.318 e. The number of carbonyl (C=O) groups excluding carboxylic acids is 2. The van der Waals surface area contributed by atoms with E-state index in [2.05, 4.69) is 15.6 Å². The third-order valence-electron chi connectivity index (χ3n) is 2.54. The van der Waals surface area contributed by atoms with E-state index in [-0.39, 0.29) is 16.5 Å². The normalized spacial score (nSPS) is 10.0. The molecule has 0 aliphatic heterocycles. The fourth-order valence-corrected chi connectivity index (χ4v) is 1.72. The van der Waals surface area contributed by atoms with Gasteiger partial charge in [0.1, 0.15) is 11.6 Å². The molecule has 0 aliphatic carbocycles. The molecular weight excluding hydrogens is 297 g/mol. The van der Waals surface area contributed by atoms with Crippen molar-refractivity contribution in [3.63, 3.8) is 0 Å². The third-order valence-corrected chi connectivity index (χ3v) is 2.83. The lowest BCUT2D eigenvalue weighted by atomic mass is 10.3. The quantitative estimate of drug-likeness (QED) is 0.838. The van der Waals surface area contributed by atoms with E-state index < -0.39 is 17.6 Å². The molecule has 1 aromatic carbocycles. The lowest BCUT2D eigenvalue weighted by Crippen LogP contribution is -2.29. The number of nitrogens with one attached hydrogen (secondary N) is 2. The number of halogens is 2. The molecule has 0 spiro atoms. The van der Waals surface area contributed by atoms with Gasteiger partial charge in [0.15, 0.2) is 0 Å². The van der Waals surface area contributed by atoms with E-state index in [0.717, 1.165) is 11.6 Å². The number of amides is 2. The van der Waals surface area contributed by atoms with Crippen LogP contribution in [0.4, 0.5) is 15.9 Å². The minimum absolute atomic E-state index is 0.145. The summed E-state index contributed by atoms with van der Waals surface area (Å²) in [5.41, 5.74) is 1.12. The Balaban J connectivity index is 2.02. The van der Waals surface area contributed by atoms with Gasteiger partial charge in [-0.3, -0.25) is 9.59 Å². The summed E-state index contributed by atoms with van der Waals surface area (Å²) in [4.78, 5) is 27.3. The molecule has 0 unspecified atom stereocenters. The van der Waals surface area contributed by atoms with Gasteiger partial charge in [0, 0.05) is 11.9 Å². The Morgan fingerprint density at radius 2 is 1.86 bits per heavy atom. The highest BCUT2D eigenvalue weighted by Gasteiger charge is 2.15. The summed E-state index contributed by atoms with van der Waals surface area (Å²) in [6.07, 6.45) is 1.52. The van der Waals surface area contributed by atoms with Crippen molar-refractivity contribution < 1.29 is 14.0 Å². The van der Waals surface area contributed by atoms with Crippen LogP contribution in [0.1, 0.15) is 5.56 Å². The van der Waals surface area contributed by atoms with Crippen molar-refractivity contribution in [3.8, 4) is 0 Å². The van der Waals surface area contributed by atoms with Crippen LogP contribution in [0.25, 0.3) is 0 Å². The maximum atomic E-state index is 13.0. The van der Waals surface area contributed by atoms with Crippen LogP contribution in [0.2, 0.25) is 5.02 Å². The molecule has 2 aromatic rings. The zero-order valence-corrected chi connectivity index (χ0v) is 11.7. The van der Waals surface area contributed by atoms with Gasteiger partial charge >= 0.3 is 11.8 Å². The number of aromatic nitrogens is 1. The first-order chi connectivity index (χ1) is 9.95. The number of anilines is 2. The molecule has 0 bridgehead atoms. The number of aryl methyl sites for hydroxylation is 1. The van der Waals surface area contributed by atoms with Gasteiger partial charge in [0.05, 0.1) is 5.02 Å². The summed E-state index contributed by atoms with van der Waals surface area (Å²) in [5.74, 6) is -2.12. The molecule has 2 amide bonds. The molecule has 1 heterocycles. The zero-order valence-electron chi connectivity index (χ0n) is 11.0. The topological polar surface area (TPSA) is 71.1 Å². The van der Waals surface area contributed by atoms with Crippen LogP contribution in [0.3, 0.4) is 0 Å². The number of pyridine rings is 1. The molecule has 108 valence electrons. The fourth-order valence-electron chi connectivity index (χ4n) is 1.54. The van der Waals surface area contributed by atoms with E-state index in [1.807, 2.05) is 6.92 Å². The van der Waals surface area contributed by atoms with Gasteiger partial charge in [-0.15, -0.1) is 0 Å². The molecule has 2 N–H and O–H groups in total. The minimum atomic E-state index is -0.902. The summed E-state index contributed by atoms with van der Waals surface area (Å²) >= 11 is 5.59. The maximum absolute atomic E-state index is 13.0. The van der Waals surface area contributed by atoms with Crippen LogP contribution in [0.15, 0.2) is 36.5 Å². The van der Waals surface area contributed by atoms with Crippen molar-refractivity contribution in [2.45, 2.75) is 6.92 Å². The second-order valence-corrected chi connectivity index (χ2v) is 4.66. The van der Waals surface area contributed by atoms with E-state index in [4.69, 9.17) is 11.6 Å². The monoisotopic (exact) mass is 307 g/mol. The average Bonchev–Trinajstić information content (AvgIpc) is 2.43. The SMILES string of the molecule is Cc1ccnc(NC(=O)C(=O)Nc2ccc(F)c(Cl)c2)c1. The predicted octanol–water partition coefficient (Wildman–Crippen LogP) is 2.76. The number of hydrogen-bond donors (Lipinski definition) is 2. The van der Waals surface area contributed by atoms with E-state index in [1.54, 1.807) is 12.1 Å². The van der Waals surface area contributed by atoms with Crippen LogP contribution >= 0.6 is 11.6 Å². The van der Waals surface area contributed by atoms with Gasteiger partial charge in [-0.05, 0) is 42.8 Å². The summed E-state index contributed by atoms with van der Waals surface area (Å²) in [5, 5.41) is 4.53. The molecule has 0 saturated heterocycles.